The molecule has 1 saturated heterocycles. The summed E-state index contributed by atoms with van der Waals surface area (Å²) in [6, 6.07) is 14.9. The van der Waals surface area contributed by atoms with E-state index >= 15 is 0 Å². The monoisotopic (exact) mass is 357 g/mol. The van der Waals surface area contributed by atoms with Crippen molar-refractivity contribution in [1.29, 1.82) is 0 Å². The van der Waals surface area contributed by atoms with Gasteiger partial charge in [-0.1, -0.05) is 67.8 Å². The number of aryl methyl sites for hydroxylation is 1. The maximum atomic E-state index is 13.0. The van der Waals surface area contributed by atoms with E-state index in [4.69, 9.17) is 0 Å². The van der Waals surface area contributed by atoms with Crippen LogP contribution in [-0.4, -0.2) is 30.6 Å². The molecule has 0 aliphatic carbocycles. The van der Waals surface area contributed by atoms with E-state index in [1.54, 1.807) is 48.5 Å². The SMILES string of the molecule is CCCCC1C(C(=O)c2ccccc2)N1S(=O)(=O)c1ccc(C)cc1. The van der Waals surface area contributed by atoms with Gasteiger partial charge in [-0.2, -0.15) is 4.31 Å². The van der Waals surface area contributed by atoms with Crippen LogP contribution in [0.3, 0.4) is 0 Å². The number of benzene rings is 2. The number of rotatable bonds is 7. The Kier molecular flexibility index (Phi) is 5.06. The molecule has 1 fully saturated rings. The topological polar surface area (TPSA) is 54.2 Å². The van der Waals surface area contributed by atoms with Crippen LogP contribution in [0.25, 0.3) is 0 Å². The highest BCUT2D eigenvalue weighted by atomic mass is 32.2. The van der Waals surface area contributed by atoms with Crippen molar-refractivity contribution in [3.05, 3.63) is 65.7 Å². The summed E-state index contributed by atoms with van der Waals surface area (Å²) in [6.07, 6.45) is 2.59. The third-order valence-corrected chi connectivity index (χ3v) is 6.57. The number of hydrogen-bond acceptors (Lipinski definition) is 3. The van der Waals surface area contributed by atoms with Gasteiger partial charge in [0, 0.05) is 5.56 Å². The molecular formula is C20H23NO3S. The first-order valence-corrected chi connectivity index (χ1v) is 10.1. The van der Waals surface area contributed by atoms with Gasteiger partial charge >= 0.3 is 0 Å². The van der Waals surface area contributed by atoms with Crippen molar-refractivity contribution in [3.8, 4) is 0 Å². The van der Waals surface area contributed by atoms with Gasteiger partial charge in [0.1, 0.15) is 6.04 Å². The van der Waals surface area contributed by atoms with Gasteiger partial charge in [0.2, 0.25) is 10.0 Å². The zero-order valence-corrected chi connectivity index (χ0v) is 15.4. The van der Waals surface area contributed by atoms with Crippen molar-refractivity contribution in [1.82, 2.24) is 4.31 Å². The molecule has 132 valence electrons. The Hall–Kier alpha value is -1.98. The van der Waals surface area contributed by atoms with Crippen LogP contribution in [0.15, 0.2) is 59.5 Å². The highest BCUT2D eigenvalue weighted by molar-refractivity contribution is 7.89. The van der Waals surface area contributed by atoms with Crippen molar-refractivity contribution in [2.24, 2.45) is 0 Å². The molecule has 0 amide bonds. The minimum absolute atomic E-state index is 0.114. The number of Topliss-reactive ketones (excluding diaryl/α,β-unsaturated/α-hetero) is 1. The second kappa shape index (κ2) is 7.10. The van der Waals surface area contributed by atoms with E-state index in [9.17, 15) is 13.2 Å². The van der Waals surface area contributed by atoms with Crippen LogP contribution < -0.4 is 0 Å². The molecule has 2 aromatic rings. The zero-order valence-electron chi connectivity index (χ0n) is 14.6. The predicted molar refractivity (Wildman–Crippen MR) is 98.1 cm³/mol. The molecule has 1 aliphatic rings. The molecule has 2 aromatic carbocycles. The normalized spacial score (nSPS) is 22.6. The summed E-state index contributed by atoms with van der Waals surface area (Å²) in [5.74, 6) is -0.114. The highest BCUT2D eigenvalue weighted by Crippen LogP contribution is 2.40. The van der Waals surface area contributed by atoms with Gasteiger partial charge < -0.3 is 0 Å². The van der Waals surface area contributed by atoms with Gasteiger partial charge in [0.15, 0.2) is 5.78 Å². The summed E-state index contributed by atoms with van der Waals surface area (Å²) < 4.78 is 27.4. The molecule has 1 aliphatic heterocycles. The molecule has 3 unspecified atom stereocenters. The van der Waals surface area contributed by atoms with Crippen LogP contribution in [-0.2, 0) is 10.0 Å². The van der Waals surface area contributed by atoms with Crippen molar-refractivity contribution in [3.63, 3.8) is 0 Å². The Balaban J connectivity index is 1.90. The molecule has 1 heterocycles. The minimum atomic E-state index is -3.65. The van der Waals surface area contributed by atoms with E-state index < -0.39 is 16.1 Å². The van der Waals surface area contributed by atoms with Crippen LogP contribution in [0.5, 0.6) is 0 Å². The largest absolute Gasteiger partial charge is 0.292 e. The number of unbranched alkanes of at least 4 members (excludes halogenated alkanes) is 1. The maximum absolute atomic E-state index is 13.0. The van der Waals surface area contributed by atoms with E-state index in [-0.39, 0.29) is 16.7 Å². The number of nitrogens with zero attached hydrogens (tertiary/aromatic N) is 1. The molecule has 0 bridgehead atoms. The molecule has 0 N–H and O–H groups in total. The molecule has 0 aromatic heterocycles. The van der Waals surface area contributed by atoms with E-state index in [2.05, 4.69) is 6.92 Å². The second-order valence-corrected chi connectivity index (χ2v) is 8.38. The van der Waals surface area contributed by atoms with Crippen LogP contribution in [0.2, 0.25) is 0 Å². The molecule has 0 radical (unpaired) electrons. The van der Waals surface area contributed by atoms with Crippen LogP contribution in [0.4, 0.5) is 0 Å². The van der Waals surface area contributed by atoms with Crippen LogP contribution in [0.1, 0.15) is 42.1 Å². The van der Waals surface area contributed by atoms with Crippen molar-refractivity contribution in [2.75, 3.05) is 0 Å². The Labute approximate surface area is 149 Å². The van der Waals surface area contributed by atoms with Crippen molar-refractivity contribution < 1.29 is 13.2 Å². The lowest BCUT2D eigenvalue weighted by molar-refractivity contribution is 0.0981. The number of carbonyl (C=O) groups is 1. The number of sulfonamides is 1. The summed E-state index contributed by atoms with van der Waals surface area (Å²) in [4.78, 5) is 13.1. The standard InChI is InChI=1S/C20H23NO3S/c1-3-4-10-18-19(20(22)16-8-6-5-7-9-16)21(18)25(23,24)17-13-11-15(2)12-14-17/h5-9,11-14,18-19H,3-4,10H2,1-2H3. The van der Waals surface area contributed by atoms with Crippen molar-refractivity contribution >= 4 is 15.8 Å². The highest BCUT2D eigenvalue weighted by Gasteiger charge is 2.58. The molecule has 0 saturated carbocycles. The first-order chi connectivity index (χ1) is 12.0. The fourth-order valence-electron chi connectivity index (χ4n) is 3.18. The predicted octanol–water partition coefficient (Wildman–Crippen LogP) is 3.81. The van der Waals surface area contributed by atoms with Gasteiger partial charge in [0.05, 0.1) is 10.9 Å². The summed E-state index contributed by atoms with van der Waals surface area (Å²) in [5, 5.41) is 0. The molecule has 3 atom stereocenters. The average molecular weight is 357 g/mol. The summed E-state index contributed by atoms with van der Waals surface area (Å²) in [5.41, 5.74) is 1.57. The quantitative estimate of drug-likeness (QED) is 0.559. The fourth-order valence-corrected chi connectivity index (χ4v) is 4.96. The molecule has 3 rings (SSSR count). The number of carbonyl (C=O) groups excluding carboxylic acids is 1. The zero-order chi connectivity index (χ0) is 18.0. The second-order valence-electron chi connectivity index (χ2n) is 6.53. The van der Waals surface area contributed by atoms with Crippen molar-refractivity contribution in [2.45, 2.75) is 50.1 Å². The third-order valence-electron chi connectivity index (χ3n) is 4.65. The smallest absolute Gasteiger partial charge is 0.244 e. The molecule has 4 nitrogen and oxygen atoms in total. The van der Waals surface area contributed by atoms with Crippen LogP contribution in [0, 0.1) is 6.92 Å². The lowest BCUT2D eigenvalue weighted by Crippen LogP contribution is -2.19. The van der Waals surface area contributed by atoms with E-state index in [0.29, 0.717) is 12.0 Å². The minimum Gasteiger partial charge on any atom is -0.292 e. The van der Waals surface area contributed by atoms with Gasteiger partial charge in [-0.15, -0.1) is 0 Å². The van der Waals surface area contributed by atoms with E-state index in [1.165, 1.54) is 4.31 Å². The van der Waals surface area contributed by atoms with Crippen LogP contribution >= 0.6 is 0 Å². The Bertz CT molecular complexity index is 844. The molecule has 5 heteroatoms. The summed E-state index contributed by atoms with van der Waals surface area (Å²) >= 11 is 0. The lowest BCUT2D eigenvalue weighted by Gasteiger charge is -2.07. The molecular weight excluding hydrogens is 334 g/mol. The van der Waals surface area contributed by atoms with E-state index in [0.717, 1.165) is 18.4 Å². The molecule has 0 spiro atoms. The third kappa shape index (κ3) is 3.53. The first-order valence-electron chi connectivity index (χ1n) is 8.66. The summed E-state index contributed by atoms with van der Waals surface area (Å²) in [6.45, 7) is 3.98. The van der Waals surface area contributed by atoms with Gasteiger partial charge in [-0.25, -0.2) is 8.42 Å². The van der Waals surface area contributed by atoms with E-state index in [1.807, 2.05) is 13.0 Å². The summed E-state index contributed by atoms with van der Waals surface area (Å²) in [7, 11) is -3.65. The van der Waals surface area contributed by atoms with Gasteiger partial charge in [0.25, 0.3) is 0 Å². The maximum Gasteiger partial charge on any atom is 0.244 e. The lowest BCUT2D eigenvalue weighted by atomic mass is 10.0. The Morgan fingerprint density at radius 1 is 1.04 bits per heavy atom. The number of hydrogen-bond donors (Lipinski definition) is 0. The Morgan fingerprint density at radius 2 is 1.68 bits per heavy atom. The number of ketones is 1. The first kappa shape index (κ1) is 17.8. The van der Waals surface area contributed by atoms with Gasteiger partial charge in [-0.3, -0.25) is 4.79 Å². The van der Waals surface area contributed by atoms with Gasteiger partial charge in [-0.05, 0) is 25.5 Å². The Morgan fingerprint density at radius 3 is 2.28 bits per heavy atom. The molecule has 25 heavy (non-hydrogen) atoms. The fraction of sp³-hybridized carbons (Fsp3) is 0.350. The average Bonchev–Trinajstić information content (AvgIpc) is 3.35.